The van der Waals surface area contributed by atoms with Gasteiger partial charge in [0.1, 0.15) is 4.90 Å². The number of hydrogen-bond donors (Lipinski definition) is 0. The number of rotatable bonds is 2. The minimum absolute atomic E-state index is 0.0483. The lowest BCUT2D eigenvalue weighted by Gasteiger charge is -2.32. The average molecular weight is 389 g/mol. The highest BCUT2D eigenvalue weighted by atomic mass is 79.9. The van der Waals surface area contributed by atoms with Gasteiger partial charge in [0.05, 0.1) is 23.3 Å². The summed E-state index contributed by atoms with van der Waals surface area (Å²) in [4.78, 5) is -0.0483. The van der Waals surface area contributed by atoms with Crippen LogP contribution < -0.4 is 0 Å². The number of ether oxygens (including phenoxy) is 1. The van der Waals surface area contributed by atoms with Gasteiger partial charge >= 0.3 is 0 Å². The first kappa shape index (κ1) is 15.5. The summed E-state index contributed by atoms with van der Waals surface area (Å²) in [7, 11) is -3.72. The number of hydrogen-bond acceptors (Lipinski definition) is 3. The first-order valence-electron chi connectivity index (χ1n) is 5.58. The van der Waals surface area contributed by atoms with Crippen molar-refractivity contribution in [3.8, 4) is 0 Å². The average Bonchev–Trinajstić information content (AvgIpc) is 2.27. The van der Waals surface area contributed by atoms with Crippen molar-refractivity contribution in [2.75, 3.05) is 19.8 Å². The van der Waals surface area contributed by atoms with Gasteiger partial charge in [-0.3, -0.25) is 0 Å². The van der Waals surface area contributed by atoms with E-state index >= 15 is 0 Å². The van der Waals surface area contributed by atoms with Crippen LogP contribution in [0.25, 0.3) is 0 Å². The second-order valence-corrected chi connectivity index (χ2v) is 7.80. The third-order valence-corrected chi connectivity index (χ3v) is 6.23. The van der Waals surface area contributed by atoms with Crippen LogP contribution in [0.15, 0.2) is 21.5 Å². The standard InChI is InChI=1S/C11H12BrCl2NO3S/c1-7-6-18-3-2-15(7)19(16,17)11-9(13)4-8(12)5-10(11)14/h4-5,7H,2-3,6H2,1H3/t7-/m1/s1. The van der Waals surface area contributed by atoms with Crippen molar-refractivity contribution in [1.82, 2.24) is 4.31 Å². The highest BCUT2D eigenvalue weighted by Gasteiger charge is 2.34. The maximum absolute atomic E-state index is 12.6. The minimum atomic E-state index is -3.72. The molecule has 8 heteroatoms. The van der Waals surface area contributed by atoms with E-state index in [2.05, 4.69) is 15.9 Å². The highest BCUT2D eigenvalue weighted by molar-refractivity contribution is 9.10. The van der Waals surface area contributed by atoms with Crippen LogP contribution >= 0.6 is 39.1 Å². The van der Waals surface area contributed by atoms with Gasteiger partial charge in [0.15, 0.2) is 0 Å². The van der Waals surface area contributed by atoms with Gasteiger partial charge in [0.25, 0.3) is 0 Å². The van der Waals surface area contributed by atoms with E-state index in [0.717, 1.165) is 0 Å². The lowest BCUT2D eigenvalue weighted by Crippen LogP contribution is -2.47. The number of morpholine rings is 1. The van der Waals surface area contributed by atoms with Crippen molar-refractivity contribution in [2.45, 2.75) is 17.9 Å². The van der Waals surface area contributed by atoms with Crippen molar-refractivity contribution in [3.63, 3.8) is 0 Å². The SMILES string of the molecule is C[C@@H]1COCCN1S(=O)(=O)c1c(Cl)cc(Br)cc1Cl. The fourth-order valence-electron chi connectivity index (χ4n) is 1.96. The Balaban J connectivity index is 2.50. The molecule has 2 rings (SSSR count). The van der Waals surface area contributed by atoms with E-state index in [1.165, 1.54) is 16.4 Å². The molecule has 0 unspecified atom stereocenters. The molecule has 1 aliphatic heterocycles. The molecule has 0 spiro atoms. The largest absolute Gasteiger partial charge is 0.378 e. The predicted octanol–water partition coefficient (Wildman–Crippen LogP) is 3.17. The van der Waals surface area contributed by atoms with Gasteiger partial charge in [-0.1, -0.05) is 39.1 Å². The molecule has 0 aliphatic carbocycles. The second kappa shape index (κ2) is 5.87. The van der Waals surface area contributed by atoms with E-state index in [0.29, 0.717) is 24.2 Å². The molecule has 1 aromatic carbocycles. The van der Waals surface area contributed by atoms with Crippen LogP contribution in [-0.2, 0) is 14.8 Å². The summed E-state index contributed by atoms with van der Waals surface area (Å²) < 4.78 is 32.5. The Bertz CT molecular complexity index is 571. The zero-order chi connectivity index (χ0) is 14.2. The van der Waals surface area contributed by atoms with Gasteiger partial charge in [-0.2, -0.15) is 4.31 Å². The molecule has 0 N–H and O–H groups in total. The molecule has 0 radical (unpaired) electrons. The van der Waals surface area contributed by atoms with E-state index in [-0.39, 0.29) is 21.0 Å². The molecule has 1 atom stereocenters. The van der Waals surface area contributed by atoms with E-state index in [9.17, 15) is 8.42 Å². The first-order valence-corrected chi connectivity index (χ1v) is 8.57. The molecular weight excluding hydrogens is 377 g/mol. The van der Waals surface area contributed by atoms with E-state index in [1.54, 1.807) is 6.92 Å². The van der Waals surface area contributed by atoms with Crippen LogP contribution in [0.3, 0.4) is 0 Å². The fourth-order valence-corrected chi connectivity index (χ4v) is 5.45. The molecule has 1 saturated heterocycles. The smallest absolute Gasteiger partial charge is 0.246 e. The Labute approximate surface area is 130 Å². The van der Waals surface area contributed by atoms with Crippen molar-refractivity contribution in [2.24, 2.45) is 0 Å². The third-order valence-electron chi connectivity index (χ3n) is 2.84. The normalized spacial score (nSPS) is 21.6. The maximum atomic E-state index is 12.6. The van der Waals surface area contributed by atoms with Gasteiger partial charge in [-0.15, -0.1) is 0 Å². The highest BCUT2D eigenvalue weighted by Crippen LogP contribution is 2.35. The molecule has 1 fully saturated rings. The predicted molar refractivity (Wildman–Crippen MR) is 78.3 cm³/mol. The number of sulfonamides is 1. The molecular formula is C11H12BrCl2NO3S. The van der Waals surface area contributed by atoms with Crippen molar-refractivity contribution in [1.29, 1.82) is 0 Å². The summed E-state index contributed by atoms with van der Waals surface area (Å²) in [6.45, 7) is 2.82. The Morgan fingerprint density at radius 2 is 1.95 bits per heavy atom. The Morgan fingerprint density at radius 1 is 1.37 bits per heavy atom. The quantitative estimate of drug-likeness (QED) is 0.781. The Hall–Kier alpha value is 0.150. The molecule has 1 heterocycles. The van der Waals surface area contributed by atoms with Crippen LogP contribution in [0, 0.1) is 0 Å². The summed E-state index contributed by atoms with van der Waals surface area (Å²) >= 11 is 15.3. The molecule has 1 aromatic rings. The van der Waals surface area contributed by atoms with E-state index in [1.807, 2.05) is 0 Å². The fraction of sp³-hybridized carbons (Fsp3) is 0.455. The van der Waals surface area contributed by atoms with E-state index < -0.39 is 10.0 Å². The summed E-state index contributed by atoms with van der Waals surface area (Å²) in [6.07, 6.45) is 0. The van der Waals surface area contributed by atoms with Gasteiger partial charge in [0, 0.05) is 17.1 Å². The topological polar surface area (TPSA) is 46.6 Å². The molecule has 0 bridgehead atoms. The molecule has 4 nitrogen and oxygen atoms in total. The van der Waals surface area contributed by atoms with Crippen LogP contribution in [0.5, 0.6) is 0 Å². The van der Waals surface area contributed by atoms with Crippen LogP contribution in [0.2, 0.25) is 10.0 Å². The Kier molecular flexibility index (Phi) is 4.80. The molecule has 0 saturated carbocycles. The van der Waals surface area contributed by atoms with Gasteiger partial charge in [-0.05, 0) is 19.1 Å². The van der Waals surface area contributed by atoms with Crippen molar-refractivity contribution in [3.05, 3.63) is 26.7 Å². The van der Waals surface area contributed by atoms with Crippen molar-refractivity contribution < 1.29 is 13.2 Å². The third kappa shape index (κ3) is 3.09. The number of nitrogens with zero attached hydrogens (tertiary/aromatic N) is 1. The van der Waals surface area contributed by atoms with Crippen LogP contribution in [0.4, 0.5) is 0 Å². The molecule has 0 aromatic heterocycles. The zero-order valence-electron chi connectivity index (χ0n) is 10.1. The summed E-state index contributed by atoms with van der Waals surface area (Å²) in [5.74, 6) is 0. The molecule has 106 valence electrons. The molecule has 0 amide bonds. The van der Waals surface area contributed by atoms with Gasteiger partial charge < -0.3 is 4.74 Å². The van der Waals surface area contributed by atoms with Crippen LogP contribution in [0.1, 0.15) is 6.92 Å². The second-order valence-electron chi connectivity index (χ2n) is 4.24. The lowest BCUT2D eigenvalue weighted by atomic mass is 10.3. The van der Waals surface area contributed by atoms with Crippen molar-refractivity contribution >= 4 is 49.2 Å². The molecule has 1 aliphatic rings. The minimum Gasteiger partial charge on any atom is -0.378 e. The van der Waals surface area contributed by atoms with Gasteiger partial charge in [-0.25, -0.2) is 8.42 Å². The monoisotopic (exact) mass is 387 g/mol. The summed E-state index contributed by atoms with van der Waals surface area (Å²) in [5, 5.41) is 0.219. The van der Waals surface area contributed by atoms with Gasteiger partial charge in [0.2, 0.25) is 10.0 Å². The maximum Gasteiger partial charge on any atom is 0.246 e. The van der Waals surface area contributed by atoms with Crippen LogP contribution in [-0.4, -0.2) is 38.5 Å². The zero-order valence-corrected chi connectivity index (χ0v) is 14.0. The summed E-state index contributed by atoms with van der Waals surface area (Å²) in [6, 6.07) is 2.80. The first-order chi connectivity index (χ1) is 8.84. The Morgan fingerprint density at radius 3 is 2.47 bits per heavy atom. The lowest BCUT2D eigenvalue weighted by molar-refractivity contribution is 0.0393. The number of halogens is 3. The number of benzene rings is 1. The van der Waals surface area contributed by atoms with E-state index in [4.69, 9.17) is 27.9 Å². The molecule has 19 heavy (non-hydrogen) atoms. The summed E-state index contributed by atoms with van der Waals surface area (Å²) in [5.41, 5.74) is 0.